The highest BCUT2D eigenvalue weighted by Crippen LogP contribution is 2.24. The van der Waals surface area contributed by atoms with E-state index in [1.54, 1.807) is 12.1 Å². The number of anilines is 1. The van der Waals surface area contributed by atoms with Crippen molar-refractivity contribution in [1.29, 1.82) is 0 Å². The topological polar surface area (TPSA) is 106 Å². The molecule has 132 valence electrons. The number of nitro groups is 1. The highest BCUT2D eigenvalue weighted by Gasteiger charge is 2.23. The Bertz CT molecular complexity index is 883. The molecule has 3 rings (SSSR count). The monoisotopic (exact) mass is 362 g/mol. The summed E-state index contributed by atoms with van der Waals surface area (Å²) in [5.41, 5.74) is 1.54. The summed E-state index contributed by atoms with van der Waals surface area (Å²) < 4.78 is 23.2. The number of sulfone groups is 1. The number of rotatable bonds is 4. The highest BCUT2D eigenvalue weighted by atomic mass is 32.2. The summed E-state index contributed by atoms with van der Waals surface area (Å²) in [4.78, 5) is 21.3. The van der Waals surface area contributed by atoms with Gasteiger partial charge < -0.3 is 4.90 Å². The predicted octanol–water partition coefficient (Wildman–Crippen LogP) is 1.85. The quantitative estimate of drug-likeness (QED) is 0.603. The van der Waals surface area contributed by atoms with Crippen molar-refractivity contribution >= 4 is 21.3 Å². The molecule has 0 unspecified atom stereocenters. The first kappa shape index (κ1) is 17.3. The van der Waals surface area contributed by atoms with Gasteiger partial charge in [-0.25, -0.2) is 18.4 Å². The summed E-state index contributed by atoms with van der Waals surface area (Å²) in [6, 6.07) is 7.95. The van der Waals surface area contributed by atoms with E-state index in [0.717, 1.165) is 5.69 Å². The van der Waals surface area contributed by atoms with Gasteiger partial charge in [-0.15, -0.1) is 0 Å². The van der Waals surface area contributed by atoms with Crippen molar-refractivity contribution in [3.05, 3.63) is 46.1 Å². The van der Waals surface area contributed by atoms with Gasteiger partial charge in [0.05, 0.1) is 16.4 Å². The van der Waals surface area contributed by atoms with E-state index in [-0.39, 0.29) is 17.2 Å². The zero-order chi connectivity index (χ0) is 18.0. The molecule has 1 aromatic heterocycles. The summed E-state index contributed by atoms with van der Waals surface area (Å²) >= 11 is 0. The summed E-state index contributed by atoms with van der Waals surface area (Å²) in [5.74, 6) is 1.41. The second-order valence-corrected chi connectivity index (χ2v) is 8.14. The third-order valence-electron chi connectivity index (χ3n) is 4.13. The molecule has 0 amide bonds. The van der Waals surface area contributed by atoms with E-state index < -0.39 is 14.8 Å². The van der Waals surface area contributed by atoms with Crippen LogP contribution in [0.3, 0.4) is 0 Å². The lowest BCUT2D eigenvalue weighted by molar-refractivity contribution is -0.384. The molecule has 1 fully saturated rings. The number of benzene rings is 1. The average Bonchev–Trinajstić information content (AvgIpc) is 2.61. The lowest BCUT2D eigenvalue weighted by Crippen LogP contribution is -2.40. The number of nitro benzene ring substituents is 1. The maximum Gasteiger partial charge on any atom is 0.269 e. The zero-order valence-corrected chi connectivity index (χ0v) is 14.6. The first-order valence-corrected chi connectivity index (χ1v) is 9.78. The second kappa shape index (κ2) is 6.75. The van der Waals surface area contributed by atoms with Crippen LogP contribution in [-0.2, 0) is 16.3 Å². The minimum atomic E-state index is -2.96. The lowest BCUT2D eigenvalue weighted by Gasteiger charge is -2.28. The number of aryl methyl sites for hydroxylation is 1. The molecule has 0 radical (unpaired) electrons. The Kier molecular flexibility index (Phi) is 4.67. The molecule has 8 nitrogen and oxygen atoms in total. The Morgan fingerprint density at radius 2 is 1.80 bits per heavy atom. The largest absolute Gasteiger partial charge is 0.354 e. The molecule has 25 heavy (non-hydrogen) atoms. The van der Waals surface area contributed by atoms with E-state index in [4.69, 9.17) is 0 Å². The first-order chi connectivity index (χ1) is 11.9. The van der Waals surface area contributed by atoms with Gasteiger partial charge in [0.1, 0.15) is 5.82 Å². The van der Waals surface area contributed by atoms with Crippen LogP contribution in [-0.4, -0.2) is 47.9 Å². The molecule has 0 spiro atoms. The van der Waals surface area contributed by atoms with Crippen molar-refractivity contribution in [3.8, 4) is 11.4 Å². The van der Waals surface area contributed by atoms with Crippen LogP contribution in [0.2, 0.25) is 0 Å². The number of hydrogen-bond donors (Lipinski definition) is 0. The van der Waals surface area contributed by atoms with Crippen molar-refractivity contribution in [2.75, 3.05) is 29.5 Å². The van der Waals surface area contributed by atoms with Crippen LogP contribution in [0.25, 0.3) is 11.4 Å². The van der Waals surface area contributed by atoms with Crippen molar-refractivity contribution in [2.45, 2.75) is 13.3 Å². The Morgan fingerprint density at radius 1 is 1.16 bits per heavy atom. The number of non-ortho nitro benzene ring substituents is 1. The van der Waals surface area contributed by atoms with Crippen molar-refractivity contribution in [2.24, 2.45) is 0 Å². The van der Waals surface area contributed by atoms with E-state index in [1.807, 2.05) is 17.9 Å². The molecule has 0 bridgehead atoms. The first-order valence-electron chi connectivity index (χ1n) is 7.96. The Balaban J connectivity index is 1.94. The molecular weight excluding hydrogens is 344 g/mol. The van der Waals surface area contributed by atoms with Gasteiger partial charge in [-0.2, -0.15) is 0 Å². The fourth-order valence-corrected chi connectivity index (χ4v) is 3.83. The fourth-order valence-electron chi connectivity index (χ4n) is 2.63. The van der Waals surface area contributed by atoms with Crippen LogP contribution in [0.5, 0.6) is 0 Å². The lowest BCUT2D eigenvalue weighted by atomic mass is 10.2. The molecule has 1 saturated heterocycles. The summed E-state index contributed by atoms with van der Waals surface area (Å²) in [6.45, 7) is 2.79. The third-order valence-corrected chi connectivity index (χ3v) is 5.74. The zero-order valence-electron chi connectivity index (χ0n) is 13.8. The molecule has 0 atom stereocenters. The Hall–Kier alpha value is -2.55. The molecule has 9 heteroatoms. The SMILES string of the molecule is CCc1cc(N2CCS(=O)(=O)CC2)nc(-c2ccc([N+](=O)[O-])cc2)n1. The van der Waals surface area contributed by atoms with Gasteiger partial charge in [-0.3, -0.25) is 10.1 Å². The summed E-state index contributed by atoms with van der Waals surface area (Å²) in [7, 11) is -2.96. The molecule has 2 heterocycles. The van der Waals surface area contributed by atoms with Crippen molar-refractivity contribution in [3.63, 3.8) is 0 Å². The molecule has 1 aromatic carbocycles. The molecular formula is C16H18N4O4S. The van der Waals surface area contributed by atoms with E-state index in [2.05, 4.69) is 9.97 Å². The van der Waals surface area contributed by atoms with E-state index in [9.17, 15) is 18.5 Å². The van der Waals surface area contributed by atoms with Crippen LogP contribution in [0.4, 0.5) is 11.5 Å². The van der Waals surface area contributed by atoms with E-state index in [1.165, 1.54) is 12.1 Å². The smallest absolute Gasteiger partial charge is 0.269 e. The standard InChI is InChI=1S/C16H18N4O4S/c1-2-13-11-15(19-7-9-25(23,24)10-8-19)18-16(17-13)12-3-5-14(6-4-12)20(21)22/h3-6,11H,2,7-10H2,1H3. The van der Waals surface area contributed by atoms with Crippen LogP contribution in [0.1, 0.15) is 12.6 Å². The van der Waals surface area contributed by atoms with Crippen LogP contribution >= 0.6 is 0 Å². The van der Waals surface area contributed by atoms with Crippen molar-refractivity contribution < 1.29 is 13.3 Å². The van der Waals surface area contributed by atoms with Gasteiger partial charge in [0.25, 0.3) is 5.69 Å². The molecule has 0 N–H and O–H groups in total. The molecule has 0 saturated carbocycles. The van der Waals surface area contributed by atoms with Gasteiger partial charge in [-0.05, 0) is 18.6 Å². The van der Waals surface area contributed by atoms with Gasteiger partial charge in [0, 0.05) is 42.5 Å². The average molecular weight is 362 g/mol. The molecule has 2 aromatic rings. The van der Waals surface area contributed by atoms with Crippen LogP contribution in [0, 0.1) is 10.1 Å². The molecule has 1 aliphatic heterocycles. The van der Waals surface area contributed by atoms with Gasteiger partial charge in [-0.1, -0.05) is 6.92 Å². The minimum Gasteiger partial charge on any atom is -0.354 e. The maximum absolute atomic E-state index is 11.6. The molecule has 1 aliphatic rings. The predicted molar refractivity (Wildman–Crippen MR) is 94.4 cm³/mol. The second-order valence-electron chi connectivity index (χ2n) is 5.84. The van der Waals surface area contributed by atoms with Crippen LogP contribution < -0.4 is 4.90 Å². The summed E-state index contributed by atoms with van der Waals surface area (Å²) in [6.07, 6.45) is 0.710. The maximum atomic E-state index is 11.6. The Morgan fingerprint density at radius 3 is 2.36 bits per heavy atom. The molecule has 0 aliphatic carbocycles. The third kappa shape index (κ3) is 3.93. The summed E-state index contributed by atoms with van der Waals surface area (Å²) in [5, 5.41) is 10.8. The van der Waals surface area contributed by atoms with Gasteiger partial charge in [0.15, 0.2) is 15.7 Å². The van der Waals surface area contributed by atoms with Gasteiger partial charge >= 0.3 is 0 Å². The number of aromatic nitrogens is 2. The normalized spacial score (nSPS) is 16.6. The van der Waals surface area contributed by atoms with Gasteiger partial charge in [0.2, 0.25) is 0 Å². The fraction of sp³-hybridized carbons (Fsp3) is 0.375. The van der Waals surface area contributed by atoms with Crippen LogP contribution in [0.15, 0.2) is 30.3 Å². The Labute approximate surface area is 145 Å². The van der Waals surface area contributed by atoms with E-state index >= 15 is 0 Å². The van der Waals surface area contributed by atoms with Crippen molar-refractivity contribution in [1.82, 2.24) is 9.97 Å². The number of nitrogens with zero attached hydrogens (tertiary/aromatic N) is 4. The number of hydrogen-bond acceptors (Lipinski definition) is 7. The van der Waals surface area contributed by atoms with E-state index in [0.29, 0.717) is 36.7 Å². The minimum absolute atomic E-state index is 0.0110. The highest BCUT2D eigenvalue weighted by molar-refractivity contribution is 7.91.